The molecule has 0 aliphatic heterocycles. The Hall–Kier alpha value is -0.770. The van der Waals surface area contributed by atoms with Crippen molar-refractivity contribution < 1.29 is 14.6 Å². The number of hydrogen-bond donors (Lipinski definition) is 1. The maximum Gasteiger partial charge on any atom is 0.410 e. The molecule has 1 N–H and O–H groups in total. The van der Waals surface area contributed by atoms with Crippen molar-refractivity contribution in [3.63, 3.8) is 0 Å². The van der Waals surface area contributed by atoms with Gasteiger partial charge < -0.3 is 14.7 Å². The molecule has 1 aliphatic carbocycles. The zero-order valence-corrected chi connectivity index (χ0v) is 10.7. The minimum Gasteiger partial charge on any atom is -0.444 e. The minimum atomic E-state index is -0.478. The number of ether oxygens (including phenoxy) is 1. The number of rotatable bonds is 4. The fourth-order valence-electron chi connectivity index (χ4n) is 1.43. The summed E-state index contributed by atoms with van der Waals surface area (Å²) < 4.78 is 5.33. The lowest BCUT2D eigenvalue weighted by Crippen LogP contribution is -2.44. The molecule has 0 spiro atoms. The predicted octanol–water partition coefficient (Wildman–Crippen LogP) is 2.01. The lowest BCUT2D eigenvalue weighted by atomic mass is 10.2. The van der Waals surface area contributed by atoms with Crippen LogP contribution in [0, 0.1) is 5.92 Å². The number of carbonyl (C=O) groups is 1. The largest absolute Gasteiger partial charge is 0.444 e. The molecule has 1 aliphatic rings. The van der Waals surface area contributed by atoms with Crippen molar-refractivity contribution >= 4 is 6.09 Å². The van der Waals surface area contributed by atoms with Crippen molar-refractivity contribution in [2.75, 3.05) is 13.2 Å². The van der Waals surface area contributed by atoms with Gasteiger partial charge in [-0.05, 0) is 46.5 Å². The Morgan fingerprint density at radius 1 is 1.50 bits per heavy atom. The van der Waals surface area contributed by atoms with Gasteiger partial charge in [-0.1, -0.05) is 0 Å². The summed E-state index contributed by atoms with van der Waals surface area (Å²) in [5.74, 6) is 0.599. The molecule has 0 bridgehead atoms. The first kappa shape index (κ1) is 13.3. The first-order chi connectivity index (χ1) is 7.33. The Morgan fingerprint density at radius 3 is 2.44 bits per heavy atom. The highest BCUT2D eigenvalue weighted by Gasteiger charge is 2.31. The summed E-state index contributed by atoms with van der Waals surface area (Å²) in [5.41, 5.74) is -0.478. The number of hydrogen-bond acceptors (Lipinski definition) is 3. The van der Waals surface area contributed by atoms with Gasteiger partial charge in [0.2, 0.25) is 0 Å². The third-order valence-electron chi connectivity index (χ3n) is 2.58. The van der Waals surface area contributed by atoms with E-state index in [0.717, 1.165) is 0 Å². The molecule has 4 nitrogen and oxygen atoms in total. The molecule has 0 aromatic rings. The summed E-state index contributed by atoms with van der Waals surface area (Å²) >= 11 is 0. The van der Waals surface area contributed by atoms with E-state index >= 15 is 0 Å². The zero-order valence-electron chi connectivity index (χ0n) is 10.7. The Balaban J connectivity index is 2.55. The van der Waals surface area contributed by atoms with E-state index in [9.17, 15) is 4.79 Å². The van der Waals surface area contributed by atoms with Gasteiger partial charge in [0.25, 0.3) is 0 Å². The number of carbonyl (C=O) groups excluding carboxylic acids is 1. The quantitative estimate of drug-likeness (QED) is 0.802. The topological polar surface area (TPSA) is 49.8 Å². The molecule has 4 heteroatoms. The van der Waals surface area contributed by atoms with Crippen molar-refractivity contribution in [1.29, 1.82) is 0 Å². The van der Waals surface area contributed by atoms with E-state index in [2.05, 4.69) is 0 Å². The fraction of sp³-hybridized carbons (Fsp3) is 0.917. The van der Waals surface area contributed by atoms with E-state index in [1.165, 1.54) is 12.8 Å². The summed E-state index contributed by atoms with van der Waals surface area (Å²) in [6.07, 6.45) is 2.04. The van der Waals surface area contributed by atoms with Gasteiger partial charge in [0, 0.05) is 6.54 Å². The van der Waals surface area contributed by atoms with Crippen LogP contribution in [0.4, 0.5) is 4.79 Å². The summed E-state index contributed by atoms with van der Waals surface area (Å²) in [6, 6.07) is -0.171. The second-order valence-electron chi connectivity index (χ2n) is 5.61. The van der Waals surface area contributed by atoms with Crippen LogP contribution in [0.1, 0.15) is 40.5 Å². The molecule has 0 aromatic heterocycles. The second kappa shape index (κ2) is 5.04. The Morgan fingerprint density at radius 2 is 2.06 bits per heavy atom. The zero-order chi connectivity index (χ0) is 12.3. The number of amides is 1. The van der Waals surface area contributed by atoms with Crippen molar-refractivity contribution in [3.05, 3.63) is 0 Å². The fourth-order valence-corrected chi connectivity index (χ4v) is 1.43. The summed E-state index contributed by atoms with van der Waals surface area (Å²) in [4.78, 5) is 13.6. The van der Waals surface area contributed by atoms with Crippen LogP contribution in [0.2, 0.25) is 0 Å². The molecule has 1 rings (SSSR count). The lowest BCUT2D eigenvalue weighted by Gasteiger charge is -2.31. The molecule has 16 heavy (non-hydrogen) atoms. The highest BCUT2D eigenvalue weighted by Crippen LogP contribution is 2.30. The van der Waals surface area contributed by atoms with E-state index in [4.69, 9.17) is 9.84 Å². The SMILES string of the molecule is C[C@@H](CO)N(CC1CC1)C(=O)OC(C)(C)C. The normalized spacial score (nSPS) is 18.1. The third kappa shape index (κ3) is 4.39. The smallest absolute Gasteiger partial charge is 0.410 e. The number of aliphatic hydroxyl groups is 1. The van der Waals surface area contributed by atoms with E-state index in [-0.39, 0.29) is 18.7 Å². The minimum absolute atomic E-state index is 0.0219. The van der Waals surface area contributed by atoms with Gasteiger partial charge in [0.15, 0.2) is 0 Å². The molecule has 0 heterocycles. The highest BCUT2D eigenvalue weighted by atomic mass is 16.6. The molecule has 1 fully saturated rings. The summed E-state index contributed by atoms with van der Waals surface area (Å²) in [6.45, 7) is 8.08. The molecular weight excluding hydrogens is 206 g/mol. The van der Waals surface area contributed by atoms with Crippen LogP contribution in [0.5, 0.6) is 0 Å². The molecule has 94 valence electrons. The Kier molecular flexibility index (Phi) is 4.19. The van der Waals surface area contributed by atoms with Gasteiger partial charge in [-0.25, -0.2) is 4.79 Å². The summed E-state index contributed by atoms with van der Waals surface area (Å²) in [5, 5.41) is 9.14. The maximum atomic E-state index is 11.9. The average molecular weight is 229 g/mol. The summed E-state index contributed by atoms with van der Waals surface area (Å²) in [7, 11) is 0. The van der Waals surface area contributed by atoms with Crippen LogP contribution in [0.3, 0.4) is 0 Å². The maximum absolute atomic E-state index is 11.9. The standard InChI is InChI=1S/C12H23NO3/c1-9(8-14)13(7-10-5-6-10)11(15)16-12(2,3)4/h9-10,14H,5-8H2,1-4H3/t9-/m0/s1. The number of nitrogens with zero attached hydrogens (tertiary/aromatic N) is 1. The second-order valence-corrected chi connectivity index (χ2v) is 5.61. The van der Waals surface area contributed by atoms with Gasteiger partial charge in [0.1, 0.15) is 5.60 Å². The first-order valence-corrected chi connectivity index (χ1v) is 5.94. The average Bonchev–Trinajstić information content (AvgIpc) is 2.93. The van der Waals surface area contributed by atoms with Crippen LogP contribution in [-0.2, 0) is 4.74 Å². The monoisotopic (exact) mass is 229 g/mol. The van der Waals surface area contributed by atoms with Gasteiger partial charge >= 0.3 is 6.09 Å². The van der Waals surface area contributed by atoms with E-state index in [1.807, 2.05) is 27.7 Å². The Bertz CT molecular complexity index is 243. The van der Waals surface area contributed by atoms with Crippen LogP contribution in [-0.4, -0.2) is 40.9 Å². The lowest BCUT2D eigenvalue weighted by molar-refractivity contribution is 0.0104. The van der Waals surface area contributed by atoms with Gasteiger partial charge in [-0.3, -0.25) is 0 Å². The van der Waals surface area contributed by atoms with Crippen LogP contribution in [0.25, 0.3) is 0 Å². The Labute approximate surface area is 97.6 Å². The van der Waals surface area contributed by atoms with Crippen molar-refractivity contribution in [3.8, 4) is 0 Å². The van der Waals surface area contributed by atoms with E-state index < -0.39 is 5.60 Å². The van der Waals surface area contributed by atoms with E-state index in [1.54, 1.807) is 4.90 Å². The van der Waals surface area contributed by atoms with Crippen LogP contribution in [0.15, 0.2) is 0 Å². The molecule has 1 saturated carbocycles. The van der Waals surface area contributed by atoms with Crippen molar-refractivity contribution in [2.24, 2.45) is 5.92 Å². The molecule has 1 amide bonds. The van der Waals surface area contributed by atoms with Crippen LogP contribution >= 0.6 is 0 Å². The molecule has 1 atom stereocenters. The number of aliphatic hydroxyl groups excluding tert-OH is 1. The predicted molar refractivity (Wildman–Crippen MR) is 62.2 cm³/mol. The molecule has 0 unspecified atom stereocenters. The first-order valence-electron chi connectivity index (χ1n) is 5.94. The van der Waals surface area contributed by atoms with Gasteiger partial charge in [-0.2, -0.15) is 0 Å². The van der Waals surface area contributed by atoms with E-state index in [0.29, 0.717) is 12.5 Å². The molecular formula is C12H23NO3. The van der Waals surface area contributed by atoms with Crippen molar-refractivity contribution in [2.45, 2.75) is 52.2 Å². The van der Waals surface area contributed by atoms with Gasteiger partial charge in [0.05, 0.1) is 12.6 Å². The van der Waals surface area contributed by atoms with Crippen LogP contribution < -0.4 is 0 Å². The molecule has 0 aromatic carbocycles. The van der Waals surface area contributed by atoms with Gasteiger partial charge in [-0.15, -0.1) is 0 Å². The molecule has 0 saturated heterocycles. The third-order valence-corrected chi connectivity index (χ3v) is 2.58. The highest BCUT2D eigenvalue weighted by molar-refractivity contribution is 5.68. The van der Waals surface area contributed by atoms with Crippen molar-refractivity contribution in [1.82, 2.24) is 4.90 Å². The molecule has 0 radical (unpaired) electrons.